The van der Waals surface area contributed by atoms with Gasteiger partial charge in [-0.05, 0) is 42.5 Å². The van der Waals surface area contributed by atoms with Crippen LogP contribution >= 0.6 is 0 Å². The first-order valence-electron chi connectivity index (χ1n) is 7.60. The van der Waals surface area contributed by atoms with Gasteiger partial charge in [0.2, 0.25) is 5.91 Å². The highest BCUT2D eigenvalue weighted by atomic mass is 16.5. The highest BCUT2D eigenvalue weighted by Gasteiger charge is 2.07. The average Bonchev–Trinajstić information content (AvgIpc) is 2.60. The van der Waals surface area contributed by atoms with Crippen LogP contribution < -0.4 is 20.7 Å². The molecule has 0 heterocycles. The van der Waals surface area contributed by atoms with Gasteiger partial charge in [-0.15, -0.1) is 0 Å². The SMILES string of the molecule is CNC(=O)c1cccc(NC(=O)COc2ccc(NC(C)=O)cc2)c1. The normalized spacial score (nSPS) is 9.84. The maximum atomic E-state index is 12.0. The van der Waals surface area contributed by atoms with Gasteiger partial charge in [0, 0.05) is 30.9 Å². The molecular formula is C18H19N3O4. The molecule has 0 fully saturated rings. The molecule has 0 aliphatic heterocycles. The van der Waals surface area contributed by atoms with Crippen LogP contribution in [0.25, 0.3) is 0 Å². The van der Waals surface area contributed by atoms with Crippen LogP contribution in [0.4, 0.5) is 11.4 Å². The molecule has 0 saturated carbocycles. The number of benzene rings is 2. The van der Waals surface area contributed by atoms with Crippen molar-refractivity contribution in [2.45, 2.75) is 6.92 Å². The highest BCUT2D eigenvalue weighted by Crippen LogP contribution is 2.16. The number of rotatable bonds is 6. The van der Waals surface area contributed by atoms with Gasteiger partial charge >= 0.3 is 0 Å². The number of nitrogens with one attached hydrogen (secondary N) is 3. The van der Waals surface area contributed by atoms with Crippen molar-refractivity contribution in [3.8, 4) is 5.75 Å². The van der Waals surface area contributed by atoms with Gasteiger partial charge in [-0.25, -0.2) is 0 Å². The van der Waals surface area contributed by atoms with Crippen LogP contribution in [0.2, 0.25) is 0 Å². The number of hydrogen-bond acceptors (Lipinski definition) is 4. The van der Waals surface area contributed by atoms with E-state index in [0.717, 1.165) is 0 Å². The molecule has 25 heavy (non-hydrogen) atoms. The number of carbonyl (C=O) groups is 3. The highest BCUT2D eigenvalue weighted by molar-refractivity contribution is 5.97. The molecule has 7 nitrogen and oxygen atoms in total. The zero-order valence-electron chi connectivity index (χ0n) is 14.0. The molecule has 3 amide bonds. The predicted molar refractivity (Wildman–Crippen MR) is 94.7 cm³/mol. The molecule has 130 valence electrons. The Hall–Kier alpha value is -3.35. The molecule has 2 aromatic carbocycles. The molecule has 0 spiro atoms. The summed E-state index contributed by atoms with van der Waals surface area (Å²) in [6.45, 7) is 1.25. The fourth-order valence-electron chi connectivity index (χ4n) is 2.07. The minimum absolute atomic E-state index is 0.160. The molecule has 0 aromatic heterocycles. The molecule has 0 aliphatic carbocycles. The monoisotopic (exact) mass is 341 g/mol. The van der Waals surface area contributed by atoms with Crippen molar-refractivity contribution in [1.29, 1.82) is 0 Å². The second kappa shape index (κ2) is 8.49. The number of hydrogen-bond donors (Lipinski definition) is 3. The molecule has 0 radical (unpaired) electrons. The van der Waals surface area contributed by atoms with Gasteiger partial charge < -0.3 is 20.7 Å². The van der Waals surface area contributed by atoms with E-state index in [-0.39, 0.29) is 24.3 Å². The maximum absolute atomic E-state index is 12.0. The van der Waals surface area contributed by atoms with Gasteiger partial charge in [0.1, 0.15) is 5.75 Å². The lowest BCUT2D eigenvalue weighted by atomic mass is 10.2. The van der Waals surface area contributed by atoms with Crippen LogP contribution in [0.15, 0.2) is 48.5 Å². The van der Waals surface area contributed by atoms with E-state index in [2.05, 4.69) is 16.0 Å². The third-order valence-electron chi connectivity index (χ3n) is 3.18. The van der Waals surface area contributed by atoms with Crippen molar-refractivity contribution in [3.05, 3.63) is 54.1 Å². The van der Waals surface area contributed by atoms with Gasteiger partial charge in [0.15, 0.2) is 6.61 Å². The number of anilines is 2. The zero-order chi connectivity index (χ0) is 18.2. The van der Waals surface area contributed by atoms with E-state index in [4.69, 9.17) is 4.74 Å². The van der Waals surface area contributed by atoms with Crippen molar-refractivity contribution in [2.75, 3.05) is 24.3 Å². The van der Waals surface area contributed by atoms with Crippen LogP contribution in [0.3, 0.4) is 0 Å². The quantitative estimate of drug-likeness (QED) is 0.749. The standard InChI is InChI=1S/C18H19N3O4/c1-12(22)20-14-6-8-16(9-7-14)25-11-17(23)21-15-5-3-4-13(10-15)18(24)19-2/h3-10H,11H2,1-2H3,(H,19,24)(H,20,22)(H,21,23). The van der Waals surface area contributed by atoms with Crippen molar-refractivity contribution >= 4 is 29.1 Å². The first-order valence-corrected chi connectivity index (χ1v) is 7.60. The summed E-state index contributed by atoms with van der Waals surface area (Å²) >= 11 is 0. The van der Waals surface area contributed by atoms with E-state index in [1.165, 1.54) is 6.92 Å². The minimum atomic E-state index is -0.347. The predicted octanol–water partition coefficient (Wildman–Crippen LogP) is 2.02. The van der Waals surface area contributed by atoms with Crippen LogP contribution in [0.5, 0.6) is 5.75 Å². The van der Waals surface area contributed by atoms with Crippen molar-refractivity contribution in [3.63, 3.8) is 0 Å². The lowest BCUT2D eigenvalue weighted by molar-refractivity contribution is -0.118. The molecule has 0 atom stereocenters. The minimum Gasteiger partial charge on any atom is -0.484 e. The number of amides is 3. The topological polar surface area (TPSA) is 96.5 Å². The molecule has 0 saturated heterocycles. The van der Waals surface area contributed by atoms with E-state index < -0.39 is 0 Å². The Morgan fingerprint density at radius 2 is 1.68 bits per heavy atom. The number of ether oxygens (including phenoxy) is 1. The van der Waals surface area contributed by atoms with Gasteiger partial charge in [-0.2, -0.15) is 0 Å². The Bertz CT molecular complexity index is 772. The lowest BCUT2D eigenvalue weighted by Gasteiger charge is -2.09. The Morgan fingerprint density at radius 3 is 2.32 bits per heavy atom. The molecule has 2 aromatic rings. The van der Waals surface area contributed by atoms with Crippen molar-refractivity contribution < 1.29 is 19.1 Å². The van der Waals surface area contributed by atoms with E-state index in [1.54, 1.807) is 55.6 Å². The molecule has 0 unspecified atom stereocenters. The zero-order valence-corrected chi connectivity index (χ0v) is 14.0. The van der Waals surface area contributed by atoms with Gasteiger partial charge in [0.25, 0.3) is 11.8 Å². The molecular weight excluding hydrogens is 322 g/mol. The summed E-state index contributed by atoms with van der Waals surface area (Å²) in [5.41, 5.74) is 1.61. The van der Waals surface area contributed by atoms with Crippen molar-refractivity contribution in [1.82, 2.24) is 5.32 Å². The fourth-order valence-corrected chi connectivity index (χ4v) is 2.07. The Labute approximate surface area is 145 Å². The second-order valence-corrected chi connectivity index (χ2v) is 5.20. The number of carbonyl (C=O) groups excluding carboxylic acids is 3. The van der Waals surface area contributed by atoms with E-state index in [9.17, 15) is 14.4 Å². The van der Waals surface area contributed by atoms with Crippen LogP contribution in [0.1, 0.15) is 17.3 Å². The lowest BCUT2D eigenvalue weighted by Crippen LogP contribution is -2.21. The molecule has 7 heteroatoms. The average molecular weight is 341 g/mol. The van der Waals surface area contributed by atoms with Crippen molar-refractivity contribution in [2.24, 2.45) is 0 Å². The van der Waals surface area contributed by atoms with E-state index in [1.807, 2.05) is 0 Å². The van der Waals surface area contributed by atoms with Gasteiger partial charge in [-0.3, -0.25) is 14.4 Å². The third-order valence-corrected chi connectivity index (χ3v) is 3.18. The van der Waals surface area contributed by atoms with Crippen LogP contribution in [-0.2, 0) is 9.59 Å². The van der Waals surface area contributed by atoms with Gasteiger partial charge in [0.05, 0.1) is 0 Å². The van der Waals surface area contributed by atoms with E-state index >= 15 is 0 Å². The Balaban J connectivity index is 1.88. The fraction of sp³-hybridized carbons (Fsp3) is 0.167. The summed E-state index contributed by atoms with van der Waals surface area (Å²) in [6.07, 6.45) is 0. The maximum Gasteiger partial charge on any atom is 0.262 e. The summed E-state index contributed by atoms with van der Waals surface area (Å²) in [7, 11) is 1.54. The first kappa shape index (κ1) is 18.0. The first-order chi connectivity index (χ1) is 12.0. The molecule has 0 aliphatic rings. The Kier molecular flexibility index (Phi) is 6.11. The summed E-state index contributed by atoms with van der Waals surface area (Å²) in [5, 5.41) is 7.83. The summed E-state index contributed by atoms with van der Waals surface area (Å²) < 4.78 is 5.39. The molecule has 3 N–H and O–H groups in total. The molecule has 2 rings (SSSR count). The van der Waals surface area contributed by atoms with Gasteiger partial charge in [-0.1, -0.05) is 6.07 Å². The summed E-state index contributed by atoms with van der Waals surface area (Å²) in [5.74, 6) is -0.234. The second-order valence-electron chi connectivity index (χ2n) is 5.20. The largest absolute Gasteiger partial charge is 0.484 e. The third kappa shape index (κ3) is 5.65. The smallest absolute Gasteiger partial charge is 0.262 e. The van der Waals surface area contributed by atoms with Crippen LogP contribution in [-0.4, -0.2) is 31.4 Å². The Morgan fingerprint density at radius 1 is 0.960 bits per heavy atom. The summed E-state index contributed by atoms with van der Waals surface area (Å²) in [6, 6.07) is 13.3. The molecule has 0 bridgehead atoms. The van der Waals surface area contributed by atoms with E-state index in [0.29, 0.717) is 22.7 Å². The summed E-state index contributed by atoms with van der Waals surface area (Å²) in [4.78, 5) is 34.5. The van der Waals surface area contributed by atoms with Crippen LogP contribution in [0, 0.1) is 0 Å².